The molecule has 0 spiro atoms. The van der Waals surface area contributed by atoms with Crippen molar-refractivity contribution in [2.45, 2.75) is 73.3 Å². The summed E-state index contributed by atoms with van der Waals surface area (Å²) in [7, 11) is 0. The van der Waals surface area contributed by atoms with E-state index in [1.807, 2.05) is 0 Å². The highest BCUT2D eigenvalue weighted by Gasteiger charge is 2.37. The maximum atomic E-state index is 12.4. The third-order valence-electron chi connectivity index (χ3n) is 6.16. The van der Waals surface area contributed by atoms with Crippen LogP contribution in [0.2, 0.25) is 0 Å². The number of carbonyl (C=O) groups is 1. The van der Waals surface area contributed by atoms with E-state index < -0.39 is 0 Å². The van der Waals surface area contributed by atoms with E-state index in [4.69, 9.17) is 0 Å². The van der Waals surface area contributed by atoms with Crippen LogP contribution in [0.25, 0.3) is 0 Å². The zero-order valence-corrected chi connectivity index (χ0v) is 15.0. The molecule has 2 aliphatic rings. The molecule has 0 aromatic heterocycles. The average molecular weight is 293 g/mol. The standard InChI is InChI=1S/C19H35NO/c1-13-9-14(2)15(3)20(11-13)12-16-10-17(19(4,5)6)7-8-18(16)21/h13-17H,7-12H2,1-6H3. The summed E-state index contributed by atoms with van der Waals surface area (Å²) in [6, 6.07) is 0.629. The second kappa shape index (κ2) is 6.40. The normalized spacial score (nSPS) is 39.5. The molecule has 1 saturated heterocycles. The van der Waals surface area contributed by atoms with Gasteiger partial charge in [0.05, 0.1) is 0 Å². The summed E-state index contributed by atoms with van der Waals surface area (Å²) in [5.74, 6) is 3.03. The molecule has 5 unspecified atom stereocenters. The third kappa shape index (κ3) is 4.09. The van der Waals surface area contributed by atoms with Crippen molar-refractivity contribution in [3.8, 4) is 0 Å². The molecule has 5 atom stereocenters. The fourth-order valence-electron chi connectivity index (χ4n) is 4.43. The van der Waals surface area contributed by atoms with Crippen LogP contribution in [0.15, 0.2) is 0 Å². The molecular formula is C19H35NO. The fraction of sp³-hybridized carbons (Fsp3) is 0.947. The smallest absolute Gasteiger partial charge is 0.137 e. The fourth-order valence-corrected chi connectivity index (χ4v) is 4.43. The number of hydrogen-bond donors (Lipinski definition) is 0. The maximum absolute atomic E-state index is 12.4. The molecular weight excluding hydrogens is 258 g/mol. The second-order valence-corrected chi connectivity index (χ2v) is 9.01. The lowest BCUT2D eigenvalue weighted by Crippen LogP contribution is -2.49. The van der Waals surface area contributed by atoms with E-state index in [1.165, 1.54) is 13.0 Å². The van der Waals surface area contributed by atoms with Crippen molar-refractivity contribution >= 4 is 5.78 Å². The molecule has 21 heavy (non-hydrogen) atoms. The summed E-state index contributed by atoms with van der Waals surface area (Å²) in [6.45, 7) is 16.3. The second-order valence-electron chi connectivity index (χ2n) is 9.01. The van der Waals surface area contributed by atoms with Crippen LogP contribution in [0.1, 0.15) is 67.2 Å². The molecule has 2 fully saturated rings. The Hall–Kier alpha value is -0.370. The minimum Gasteiger partial charge on any atom is -0.299 e. The van der Waals surface area contributed by atoms with E-state index in [0.717, 1.165) is 37.6 Å². The van der Waals surface area contributed by atoms with Gasteiger partial charge in [-0.2, -0.15) is 0 Å². The lowest BCUT2D eigenvalue weighted by atomic mass is 9.68. The lowest BCUT2D eigenvalue weighted by Gasteiger charge is -2.44. The van der Waals surface area contributed by atoms with E-state index in [2.05, 4.69) is 46.4 Å². The number of likely N-dealkylation sites (tertiary alicyclic amines) is 1. The summed E-state index contributed by atoms with van der Waals surface area (Å²) < 4.78 is 0. The number of piperidine rings is 1. The first-order valence-corrected chi connectivity index (χ1v) is 8.95. The summed E-state index contributed by atoms with van der Waals surface area (Å²) in [4.78, 5) is 15.0. The largest absolute Gasteiger partial charge is 0.299 e. The molecule has 1 aliphatic heterocycles. The Kier molecular flexibility index (Phi) is 5.18. The molecule has 0 aromatic carbocycles. The predicted octanol–water partition coefficient (Wildman–Crippen LogP) is 4.38. The molecule has 1 aliphatic carbocycles. The van der Waals surface area contributed by atoms with Crippen molar-refractivity contribution in [2.75, 3.05) is 13.1 Å². The number of hydrogen-bond acceptors (Lipinski definition) is 2. The summed E-state index contributed by atoms with van der Waals surface area (Å²) in [5.41, 5.74) is 0.340. The first-order chi connectivity index (χ1) is 9.68. The first kappa shape index (κ1) is 17.0. The number of nitrogens with zero attached hydrogens (tertiary/aromatic N) is 1. The van der Waals surface area contributed by atoms with Crippen molar-refractivity contribution in [3.05, 3.63) is 0 Å². The van der Waals surface area contributed by atoms with Crippen LogP contribution in [0.3, 0.4) is 0 Å². The van der Waals surface area contributed by atoms with Crippen LogP contribution >= 0.6 is 0 Å². The number of rotatable bonds is 2. The van der Waals surface area contributed by atoms with Crippen molar-refractivity contribution in [1.82, 2.24) is 4.90 Å². The van der Waals surface area contributed by atoms with Crippen molar-refractivity contribution in [1.29, 1.82) is 0 Å². The number of ketones is 1. The quantitative estimate of drug-likeness (QED) is 0.753. The van der Waals surface area contributed by atoms with Crippen molar-refractivity contribution < 1.29 is 4.79 Å². The van der Waals surface area contributed by atoms with Gasteiger partial charge < -0.3 is 0 Å². The van der Waals surface area contributed by atoms with Crippen molar-refractivity contribution in [2.24, 2.45) is 29.1 Å². The number of Topliss-reactive ketones (excluding diaryl/α,β-unsaturated/α-hetero) is 1. The molecule has 0 N–H and O–H groups in total. The van der Waals surface area contributed by atoms with Gasteiger partial charge in [-0.05, 0) is 49.4 Å². The van der Waals surface area contributed by atoms with Crippen molar-refractivity contribution in [3.63, 3.8) is 0 Å². The van der Waals surface area contributed by atoms with Gasteiger partial charge in [0.1, 0.15) is 5.78 Å². The minimum absolute atomic E-state index is 0.280. The van der Waals surface area contributed by atoms with E-state index in [1.54, 1.807) is 0 Å². The lowest BCUT2D eigenvalue weighted by molar-refractivity contribution is -0.128. The molecule has 2 nitrogen and oxygen atoms in total. The molecule has 0 bridgehead atoms. The molecule has 122 valence electrons. The van der Waals surface area contributed by atoms with E-state index in [-0.39, 0.29) is 5.92 Å². The Labute approximate surface area is 131 Å². The van der Waals surface area contributed by atoms with E-state index >= 15 is 0 Å². The van der Waals surface area contributed by atoms with Gasteiger partial charge in [-0.15, -0.1) is 0 Å². The van der Waals surface area contributed by atoms with Crippen LogP contribution < -0.4 is 0 Å². The molecule has 2 rings (SSSR count). The summed E-state index contributed by atoms with van der Waals surface area (Å²) in [6.07, 6.45) is 4.34. The summed E-state index contributed by atoms with van der Waals surface area (Å²) >= 11 is 0. The average Bonchev–Trinajstić information content (AvgIpc) is 2.36. The zero-order chi connectivity index (χ0) is 15.8. The van der Waals surface area contributed by atoms with Crippen LogP contribution in [0.4, 0.5) is 0 Å². The van der Waals surface area contributed by atoms with Gasteiger partial charge in [0.2, 0.25) is 0 Å². The Morgan fingerprint density at radius 2 is 1.81 bits per heavy atom. The van der Waals surface area contributed by atoms with Gasteiger partial charge in [0.15, 0.2) is 0 Å². The van der Waals surface area contributed by atoms with Gasteiger partial charge in [0, 0.05) is 31.5 Å². The van der Waals surface area contributed by atoms with Gasteiger partial charge in [0.25, 0.3) is 0 Å². The van der Waals surface area contributed by atoms with E-state index in [0.29, 0.717) is 23.2 Å². The number of carbonyl (C=O) groups excluding carboxylic acids is 1. The molecule has 1 heterocycles. The van der Waals surface area contributed by atoms with E-state index in [9.17, 15) is 4.79 Å². The zero-order valence-electron chi connectivity index (χ0n) is 15.0. The predicted molar refractivity (Wildman–Crippen MR) is 89.3 cm³/mol. The highest BCUT2D eigenvalue weighted by Crippen LogP contribution is 2.40. The van der Waals surface area contributed by atoms with Crippen LogP contribution in [0.5, 0.6) is 0 Å². The minimum atomic E-state index is 0.280. The topological polar surface area (TPSA) is 20.3 Å². The molecule has 1 saturated carbocycles. The Bertz CT molecular complexity index is 370. The van der Waals surface area contributed by atoms with Crippen LogP contribution in [-0.4, -0.2) is 29.8 Å². The monoisotopic (exact) mass is 293 g/mol. The van der Waals surface area contributed by atoms with Gasteiger partial charge in [-0.25, -0.2) is 0 Å². The van der Waals surface area contributed by atoms with Crippen LogP contribution in [0, 0.1) is 29.1 Å². The molecule has 0 radical (unpaired) electrons. The Morgan fingerprint density at radius 1 is 1.14 bits per heavy atom. The van der Waals surface area contributed by atoms with Crippen LogP contribution in [-0.2, 0) is 4.79 Å². The maximum Gasteiger partial charge on any atom is 0.137 e. The Balaban J connectivity index is 2.01. The SMILES string of the molecule is CC1CC(C)C(C)N(CC2CC(C(C)(C)C)CCC2=O)C1. The first-order valence-electron chi connectivity index (χ1n) is 8.95. The van der Waals surface area contributed by atoms with Gasteiger partial charge >= 0.3 is 0 Å². The highest BCUT2D eigenvalue weighted by molar-refractivity contribution is 5.82. The highest BCUT2D eigenvalue weighted by atomic mass is 16.1. The van der Waals surface area contributed by atoms with Gasteiger partial charge in [-0.1, -0.05) is 34.6 Å². The Morgan fingerprint density at radius 3 is 2.43 bits per heavy atom. The molecule has 0 amide bonds. The summed E-state index contributed by atoms with van der Waals surface area (Å²) in [5, 5.41) is 0. The van der Waals surface area contributed by atoms with Gasteiger partial charge in [-0.3, -0.25) is 9.69 Å². The molecule has 0 aromatic rings. The third-order valence-corrected chi connectivity index (χ3v) is 6.16. The molecule has 2 heteroatoms.